The summed E-state index contributed by atoms with van der Waals surface area (Å²) in [6, 6.07) is 10.0. The molecule has 0 atom stereocenters. The van der Waals surface area contributed by atoms with Crippen LogP contribution in [0.2, 0.25) is 0 Å². The molecule has 0 saturated carbocycles. The molecule has 2 aromatic rings. The van der Waals surface area contributed by atoms with Gasteiger partial charge in [0.15, 0.2) is 5.69 Å². The number of carbonyl (C=O) groups excluding carboxylic acids is 1. The molecular formula is C15H20ClN5O. The van der Waals surface area contributed by atoms with Crippen molar-refractivity contribution < 1.29 is 4.79 Å². The fourth-order valence-corrected chi connectivity index (χ4v) is 2.45. The number of hydrogen-bond donors (Lipinski definition) is 1. The molecule has 1 aliphatic rings. The molecule has 1 amide bonds. The lowest BCUT2D eigenvalue weighted by Crippen LogP contribution is -2.34. The van der Waals surface area contributed by atoms with E-state index in [9.17, 15) is 4.79 Å². The van der Waals surface area contributed by atoms with Gasteiger partial charge in [0.2, 0.25) is 0 Å². The first-order valence-corrected chi connectivity index (χ1v) is 7.27. The molecule has 22 heavy (non-hydrogen) atoms. The highest BCUT2D eigenvalue weighted by Crippen LogP contribution is 2.06. The number of aromatic nitrogens is 3. The molecule has 0 spiro atoms. The van der Waals surface area contributed by atoms with Crippen molar-refractivity contribution in [2.24, 2.45) is 0 Å². The summed E-state index contributed by atoms with van der Waals surface area (Å²) in [6.45, 7) is 3.93. The van der Waals surface area contributed by atoms with Crippen LogP contribution in [0.25, 0.3) is 0 Å². The Hall–Kier alpha value is -1.92. The average Bonchev–Trinajstić information content (AvgIpc) is 2.81. The van der Waals surface area contributed by atoms with Crippen LogP contribution in [0.15, 0.2) is 36.5 Å². The summed E-state index contributed by atoms with van der Waals surface area (Å²) in [5.41, 5.74) is 1.56. The van der Waals surface area contributed by atoms with Gasteiger partial charge in [0.05, 0.1) is 12.7 Å². The van der Waals surface area contributed by atoms with Crippen molar-refractivity contribution in [2.75, 3.05) is 26.2 Å². The Bertz CT molecular complexity index is 593. The van der Waals surface area contributed by atoms with E-state index in [0.717, 1.165) is 38.2 Å². The second-order valence-electron chi connectivity index (χ2n) is 5.18. The van der Waals surface area contributed by atoms with Gasteiger partial charge in [-0.05, 0) is 18.5 Å². The number of benzene rings is 1. The van der Waals surface area contributed by atoms with Crippen LogP contribution in [-0.4, -0.2) is 52.0 Å². The zero-order valence-corrected chi connectivity index (χ0v) is 13.1. The molecule has 7 heteroatoms. The van der Waals surface area contributed by atoms with Gasteiger partial charge in [-0.15, -0.1) is 17.5 Å². The zero-order valence-electron chi connectivity index (χ0n) is 12.3. The Balaban J connectivity index is 0.00000176. The fourth-order valence-electron chi connectivity index (χ4n) is 2.45. The predicted octanol–water partition coefficient (Wildman–Crippen LogP) is 1.18. The zero-order chi connectivity index (χ0) is 14.5. The topological polar surface area (TPSA) is 63.1 Å². The normalized spacial score (nSPS) is 15.0. The number of amides is 1. The Morgan fingerprint density at radius 3 is 2.82 bits per heavy atom. The second kappa shape index (κ2) is 7.91. The molecule has 1 saturated heterocycles. The molecule has 0 bridgehead atoms. The van der Waals surface area contributed by atoms with Crippen LogP contribution in [0.3, 0.4) is 0 Å². The summed E-state index contributed by atoms with van der Waals surface area (Å²) in [7, 11) is 0. The van der Waals surface area contributed by atoms with Crippen molar-refractivity contribution in [3.63, 3.8) is 0 Å². The summed E-state index contributed by atoms with van der Waals surface area (Å²) in [5, 5.41) is 11.4. The van der Waals surface area contributed by atoms with E-state index in [0.29, 0.717) is 12.2 Å². The average molecular weight is 322 g/mol. The summed E-state index contributed by atoms with van der Waals surface area (Å²) < 4.78 is 1.71. The van der Waals surface area contributed by atoms with E-state index < -0.39 is 0 Å². The lowest BCUT2D eigenvalue weighted by atomic mass is 10.2. The maximum absolute atomic E-state index is 12.4. The molecule has 118 valence electrons. The highest BCUT2D eigenvalue weighted by atomic mass is 35.5. The van der Waals surface area contributed by atoms with Gasteiger partial charge in [0, 0.05) is 19.6 Å². The van der Waals surface area contributed by atoms with Crippen LogP contribution < -0.4 is 5.32 Å². The second-order valence-corrected chi connectivity index (χ2v) is 5.18. The molecule has 1 fully saturated rings. The summed E-state index contributed by atoms with van der Waals surface area (Å²) in [4.78, 5) is 14.2. The van der Waals surface area contributed by atoms with E-state index in [1.54, 1.807) is 10.9 Å². The Morgan fingerprint density at radius 2 is 2.00 bits per heavy atom. The highest BCUT2D eigenvalue weighted by molar-refractivity contribution is 5.91. The van der Waals surface area contributed by atoms with E-state index in [4.69, 9.17) is 0 Å². The molecule has 1 N–H and O–H groups in total. The number of nitrogens with zero attached hydrogens (tertiary/aromatic N) is 4. The van der Waals surface area contributed by atoms with Gasteiger partial charge in [0.25, 0.3) is 5.91 Å². The first-order valence-electron chi connectivity index (χ1n) is 7.27. The molecule has 6 nitrogen and oxygen atoms in total. The number of nitrogens with one attached hydrogen (secondary N) is 1. The molecule has 0 unspecified atom stereocenters. The maximum Gasteiger partial charge on any atom is 0.276 e. The van der Waals surface area contributed by atoms with Gasteiger partial charge in [-0.1, -0.05) is 35.5 Å². The number of carbonyl (C=O) groups is 1. The van der Waals surface area contributed by atoms with Crippen LogP contribution in [0.5, 0.6) is 0 Å². The third-order valence-corrected chi connectivity index (χ3v) is 3.57. The van der Waals surface area contributed by atoms with Crippen molar-refractivity contribution in [1.82, 2.24) is 25.2 Å². The Labute approximate surface area is 135 Å². The van der Waals surface area contributed by atoms with Crippen molar-refractivity contribution in [3.8, 4) is 0 Å². The van der Waals surface area contributed by atoms with Crippen LogP contribution >= 0.6 is 12.4 Å². The smallest absolute Gasteiger partial charge is 0.276 e. The summed E-state index contributed by atoms with van der Waals surface area (Å²) in [5.74, 6) is -0.0296. The van der Waals surface area contributed by atoms with Gasteiger partial charge in [-0.25, -0.2) is 4.68 Å². The molecule has 1 aliphatic heterocycles. The predicted molar refractivity (Wildman–Crippen MR) is 86.2 cm³/mol. The highest BCUT2D eigenvalue weighted by Gasteiger charge is 2.19. The van der Waals surface area contributed by atoms with Gasteiger partial charge in [0.1, 0.15) is 0 Å². The van der Waals surface area contributed by atoms with E-state index in [1.807, 2.05) is 35.2 Å². The molecule has 2 heterocycles. The minimum Gasteiger partial charge on any atom is -0.336 e. The minimum absolute atomic E-state index is 0. The van der Waals surface area contributed by atoms with Crippen molar-refractivity contribution in [1.29, 1.82) is 0 Å². The molecule has 1 aromatic carbocycles. The largest absolute Gasteiger partial charge is 0.336 e. The first kappa shape index (κ1) is 16.5. The van der Waals surface area contributed by atoms with Gasteiger partial charge in [-0.3, -0.25) is 4.79 Å². The molecular weight excluding hydrogens is 302 g/mol. The molecule has 0 radical (unpaired) electrons. The number of hydrogen-bond acceptors (Lipinski definition) is 4. The van der Waals surface area contributed by atoms with Crippen LogP contribution in [-0.2, 0) is 6.54 Å². The lowest BCUT2D eigenvalue weighted by Gasteiger charge is -2.18. The SMILES string of the molecule is Cl.O=C(c1cn(Cc2ccccc2)nn1)N1CCCNCC1. The Kier molecular flexibility index (Phi) is 5.91. The van der Waals surface area contributed by atoms with Crippen LogP contribution in [0.1, 0.15) is 22.5 Å². The summed E-state index contributed by atoms with van der Waals surface area (Å²) >= 11 is 0. The first-order chi connectivity index (χ1) is 10.3. The number of rotatable bonds is 3. The third-order valence-electron chi connectivity index (χ3n) is 3.57. The van der Waals surface area contributed by atoms with E-state index in [2.05, 4.69) is 15.6 Å². The van der Waals surface area contributed by atoms with Crippen molar-refractivity contribution in [2.45, 2.75) is 13.0 Å². The fraction of sp³-hybridized carbons (Fsp3) is 0.400. The van der Waals surface area contributed by atoms with Gasteiger partial charge < -0.3 is 10.2 Å². The molecule has 1 aromatic heterocycles. The lowest BCUT2D eigenvalue weighted by molar-refractivity contribution is 0.0760. The quantitative estimate of drug-likeness (QED) is 0.922. The van der Waals surface area contributed by atoms with Crippen LogP contribution in [0, 0.1) is 0 Å². The van der Waals surface area contributed by atoms with E-state index >= 15 is 0 Å². The third kappa shape index (κ3) is 4.05. The van der Waals surface area contributed by atoms with Gasteiger partial charge >= 0.3 is 0 Å². The van der Waals surface area contributed by atoms with E-state index in [1.165, 1.54) is 0 Å². The molecule has 3 rings (SSSR count). The maximum atomic E-state index is 12.4. The van der Waals surface area contributed by atoms with E-state index in [-0.39, 0.29) is 18.3 Å². The Morgan fingerprint density at radius 1 is 1.18 bits per heavy atom. The minimum atomic E-state index is -0.0296. The van der Waals surface area contributed by atoms with Gasteiger partial charge in [-0.2, -0.15) is 0 Å². The number of halogens is 1. The standard InChI is InChI=1S/C15H19N5O.ClH/c21-15(19-9-4-7-16-8-10-19)14-12-20(18-17-14)11-13-5-2-1-3-6-13;/h1-3,5-6,12,16H,4,7-11H2;1H. The van der Waals surface area contributed by atoms with Crippen molar-refractivity contribution in [3.05, 3.63) is 47.8 Å². The van der Waals surface area contributed by atoms with Crippen LogP contribution in [0.4, 0.5) is 0 Å². The summed E-state index contributed by atoms with van der Waals surface area (Å²) in [6.07, 6.45) is 2.71. The van der Waals surface area contributed by atoms with Crippen molar-refractivity contribution >= 4 is 18.3 Å². The monoisotopic (exact) mass is 321 g/mol. The molecule has 0 aliphatic carbocycles.